The predicted octanol–water partition coefficient (Wildman–Crippen LogP) is 4.07. The van der Waals surface area contributed by atoms with Crippen molar-refractivity contribution in [2.75, 3.05) is 14.2 Å². The smallest absolute Gasteiger partial charge is 0.123 e. The summed E-state index contributed by atoms with van der Waals surface area (Å²) in [7, 11) is 3.31. The van der Waals surface area contributed by atoms with Crippen LogP contribution in [0.15, 0.2) is 35.9 Å². The Balaban J connectivity index is 3.39. The van der Waals surface area contributed by atoms with Crippen molar-refractivity contribution in [3.63, 3.8) is 0 Å². The summed E-state index contributed by atoms with van der Waals surface area (Å²) in [5, 5.41) is 0. The van der Waals surface area contributed by atoms with Gasteiger partial charge in [-0.05, 0) is 44.0 Å². The molecule has 0 aliphatic rings. The molecule has 0 atom stereocenters. The van der Waals surface area contributed by atoms with E-state index in [1.54, 1.807) is 14.2 Å². The van der Waals surface area contributed by atoms with Gasteiger partial charge in [0.05, 0.1) is 14.2 Å². The first kappa shape index (κ1) is 13.4. The number of rotatable bonds is 4. The van der Waals surface area contributed by atoms with E-state index < -0.39 is 0 Å². The molecule has 0 fully saturated rings. The molecule has 1 rings (SSSR count). The third kappa shape index (κ3) is 3.13. The first-order valence-electron chi connectivity index (χ1n) is 5.56. The number of ether oxygens (including phenoxy) is 2. The van der Waals surface area contributed by atoms with Gasteiger partial charge >= 0.3 is 0 Å². The third-order valence-electron chi connectivity index (χ3n) is 2.57. The Morgan fingerprint density at radius 1 is 0.941 bits per heavy atom. The van der Waals surface area contributed by atoms with Crippen LogP contribution in [0.25, 0.3) is 5.57 Å². The van der Waals surface area contributed by atoms with Crippen LogP contribution in [0.2, 0.25) is 0 Å². The van der Waals surface area contributed by atoms with Gasteiger partial charge < -0.3 is 9.47 Å². The fourth-order valence-electron chi connectivity index (χ4n) is 1.91. The second kappa shape index (κ2) is 5.58. The molecule has 0 N–H and O–H groups in total. The van der Waals surface area contributed by atoms with E-state index in [1.165, 1.54) is 5.57 Å². The topological polar surface area (TPSA) is 18.5 Å². The Labute approximate surface area is 104 Å². The number of allylic oxidation sites excluding steroid dienone is 3. The molecule has 0 amide bonds. The Bertz CT molecular complexity index is 430. The lowest BCUT2D eigenvalue weighted by molar-refractivity contribution is 0.394. The zero-order valence-electron chi connectivity index (χ0n) is 11.3. The Morgan fingerprint density at radius 2 is 1.41 bits per heavy atom. The Morgan fingerprint density at radius 3 is 1.71 bits per heavy atom. The van der Waals surface area contributed by atoms with Crippen LogP contribution in [0.5, 0.6) is 11.5 Å². The molecule has 0 saturated carbocycles. The van der Waals surface area contributed by atoms with Crippen molar-refractivity contribution in [1.29, 1.82) is 0 Å². The van der Waals surface area contributed by atoms with Gasteiger partial charge in [0.15, 0.2) is 0 Å². The molecule has 92 valence electrons. The summed E-state index contributed by atoms with van der Waals surface area (Å²) in [6, 6.07) is 5.86. The van der Waals surface area contributed by atoms with Gasteiger partial charge in [-0.2, -0.15) is 0 Å². The van der Waals surface area contributed by atoms with E-state index in [2.05, 4.69) is 20.4 Å². The van der Waals surface area contributed by atoms with Gasteiger partial charge in [-0.25, -0.2) is 0 Å². The highest BCUT2D eigenvalue weighted by atomic mass is 16.5. The number of hydrogen-bond donors (Lipinski definition) is 0. The van der Waals surface area contributed by atoms with Crippen LogP contribution in [-0.4, -0.2) is 14.2 Å². The first-order chi connectivity index (χ1) is 7.99. The quantitative estimate of drug-likeness (QED) is 0.728. The molecule has 0 saturated heterocycles. The van der Waals surface area contributed by atoms with Crippen molar-refractivity contribution < 1.29 is 9.47 Å². The van der Waals surface area contributed by atoms with Gasteiger partial charge in [0.1, 0.15) is 11.5 Å². The van der Waals surface area contributed by atoms with Gasteiger partial charge in [-0.15, -0.1) is 0 Å². The summed E-state index contributed by atoms with van der Waals surface area (Å²) >= 11 is 0. The van der Waals surface area contributed by atoms with Crippen molar-refractivity contribution in [1.82, 2.24) is 0 Å². The highest BCUT2D eigenvalue weighted by Crippen LogP contribution is 2.31. The number of hydrogen-bond acceptors (Lipinski definition) is 2. The largest absolute Gasteiger partial charge is 0.497 e. The molecule has 2 heteroatoms. The molecule has 0 aromatic heterocycles. The number of benzene rings is 1. The first-order valence-corrected chi connectivity index (χ1v) is 5.56. The second-order valence-corrected chi connectivity index (χ2v) is 4.26. The molecule has 0 heterocycles. The molecule has 0 spiro atoms. The fourth-order valence-corrected chi connectivity index (χ4v) is 1.91. The molecule has 0 aliphatic heterocycles. The minimum atomic E-state index is 0.791. The number of methoxy groups -OCH3 is 2. The molecule has 0 aliphatic carbocycles. The lowest BCUT2D eigenvalue weighted by Crippen LogP contribution is -1.93. The zero-order chi connectivity index (χ0) is 13.0. The second-order valence-electron chi connectivity index (χ2n) is 4.26. The van der Waals surface area contributed by atoms with E-state index in [0.717, 1.165) is 28.2 Å². The molecule has 17 heavy (non-hydrogen) atoms. The average molecular weight is 232 g/mol. The molecule has 1 aromatic rings. The van der Waals surface area contributed by atoms with Crippen LogP contribution in [0.1, 0.15) is 26.3 Å². The van der Waals surface area contributed by atoms with E-state index in [1.807, 2.05) is 25.1 Å². The third-order valence-corrected chi connectivity index (χ3v) is 2.57. The molecule has 0 unspecified atom stereocenters. The van der Waals surface area contributed by atoms with Crippen LogP contribution < -0.4 is 9.47 Å². The van der Waals surface area contributed by atoms with E-state index in [9.17, 15) is 0 Å². The van der Waals surface area contributed by atoms with Crippen molar-refractivity contribution in [2.45, 2.75) is 20.8 Å². The maximum atomic E-state index is 5.27. The standard InChI is InChI=1S/C15H20O2/c1-10(2)15(11(3)4)12-7-13(16-5)9-14(8-12)17-6/h7-9H,1H2,2-6H3. The van der Waals surface area contributed by atoms with E-state index in [-0.39, 0.29) is 0 Å². The van der Waals surface area contributed by atoms with Gasteiger partial charge in [0.2, 0.25) is 0 Å². The van der Waals surface area contributed by atoms with Crippen LogP contribution in [0.4, 0.5) is 0 Å². The molecule has 2 nitrogen and oxygen atoms in total. The summed E-state index contributed by atoms with van der Waals surface area (Å²) in [5.74, 6) is 1.58. The maximum absolute atomic E-state index is 5.27. The van der Waals surface area contributed by atoms with Gasteiger partial charge in [-0.1, -0.05) is 17.7 Å². The van der Waals surface area contributed by atoms with E-state index in [4.69, 9.17) is 9.47 Å². The summed E-state index contributed by atoms with van der Waals surface area (Å²) in [6.45, 7) is 10.2. The Kier molecular flexibility index (Phi) is 4.38. The monoisotopic (exact) mass is 232 g/mol. The van der Waals surface area contributed by atoms with Crippen molar-refractivity contribution >= 4 is 5.57 Å². The van der Waals surface area contributed by atoms with Crippen LogP contribution in [-0.2, 0) is 0 Å². The summed E-state index contributed by atoms with van der Waals surface area (Å²) < 4.78 is 10.5. The van der Waals surface area contributed by atoms with Gasteiger partial charge in [0.25, 0.3) is 0 Å². The molecule has 0 radical (unpaired) electrons. The average Bonchev–Trinajstić information content (AvgIpc) is 2.27. The van der Waals surface area contributed by atoms with Crippen LogP contribution >= 0.6 is 0 Å². The van der Waals surface area contributed by atoms with Crippen molar-refractivity contribution in [3.05, 3.63) is 41.5 Å². The zero-order valence-corrected chi connectivity index (χ0v) is 11.3. The molecular formula is C15H20O2. The predicted molar refractivity (Wildman–Crippen MR) is 72.6 cm³/mol. The van der Waals surface area contributed by atoms with Gasteiger partial charge in [-0.3, -0.25) is 0 Å². The highest BCUT2D eigenvalue weighted by molar-refractivity contribution is 5.81. The lowest BCUT2D eigenvalue weighted by atomic mass is 9.95. The van der Waals surface area contributed by atoms with Crippen molar-refractivity contribution in [3.8, 4) is 11.5 Å². The molecule has 1 aromatic carbocycles. The van der Waals surface area contributed by atoms with E-state index >= 15 is 0 Å². The summed E-state index contributed by atoms with van der Waals surface area (Å²) in [6.07, 6.45) is 0. The summed E-state index contributed by atoms with van der Waals surface area (Å²) in [5.41, 5.74) is 4.50. The fraction of sp³-hybridized carbons (Fsp3) is 0.333. The Hall–Kier alpha value is -1.70. The molecule has 0 bridgehead atoms. The minimum Gasteiger partial charge on any atom is -0.497 e. The summed E-state index contributed by atoms with van der Waals surface area (Å²) in [4.78, 5) is 0. The maximum Gasteiger partial charge on any atom is 0.123 e. The van der Waals surface area contributed by atoms with Crippen LogP contribution in [0.3, 0.4) is 0 Å². The lowest BCUT2D eigenvalue weighted by Gasteiger charge is -2.13. The van der Waals surface area contributed by atoms with Gasteiger partial charge in [0, 0.05) is 6.07 Å². The van der Waals surface area contributed by atoms with Crippen molar-refractivity contribution in [2.24, 2.45) is 0 Å². The normalized spacial score (nSPS) is 9.71. The molecular weight excluding hydrogens is 212 g/mol. The van der Waals surface area contributed by atoms with E-state index in [0.29, 0.717) is 0 Å². The minimum absolute atomic E-state index is 0.791. The highest BCUT2D eigenvalue weighted by Gasteiger charge is 2.08. The SMILES string of the molecule is C=C(C)C(=C(C)C)c1cc(OC)cc(OC)c1. The van der Waals surface area contributed by atoms with Crippen LogP contribution in [0, 0.1) is 0 Å².